The highest BCUT2D eigenvalue weighted by molar-refractivity contribution is 5.94. The second kappa shape index (κ2) is 10.5. The minimum absolute atomic E-state index is 0.165. The number of unbranched alkanes of at least 4 members (excludes halogenated alkanes) is 2. The van der Waals surface area contributed by atoms with E-state index in [1.54, 1.807) is 0 Å². The van der Waals surface area contributed by atoms with Gasteiger partial charge in [-0.2, -0.15) is 0 Å². The Morgan fingerprint density at radius 2 is 1.60 bits per heavy atom. The maximum atomic E-state index is 13.0. The van der Waals surface area contributed by atoms with Crippen molar-refractivity contribution < 1.29 is 9.18 Å². The molecule has 35 heavy (non-hydrogen) atoms. The number of amides is 1. The predicted molar refractivity (Wildman–Crippen MR) is 139 cm³/mol. The van der Waals surface area contributed by atoms with Crippen molar-refractivity contribution in [3.63, 3.8) is 0 Å². The van der Waals surface area contributed by atoms with Gasteiger partial charge in [-0.15, -0.1) is 0 Å². The normalized spacial score (nSPS) is 11.2. The van der Waals surface area contributed by atoms with E-state index in [1.165, 1.54) is 40.6 Å². The highest BCUT2D eigenvalue weighted by atomic mass is 19.1. The Morgan fingerprint density at radius 3 is 2.49 bits per heavy atom. The predicted octanol–water partition coefficient (Wildman–Crippen LogP) is 6.52. The highest BCUT2D eigenvalue weighted by Gasteiger charge is 2.12. The third kappa shape index (κ3) is 5.24. The second-order valence-corrected chi connectivity index (χ2v) is 8.81. The van der Waals surface area contributed by atoms with Crippen molar-refractivity contribution in [1.82, 2.24) is 14.9 Å². The molecule has 1 amide bonds. The van der Waals surface area contributed by atoms with Crippen molar-refractivity contribution >= 4 is 27.7 Å². The molecule has 0 saturated heterocycles. The SMILES string of the molecule is O=C(NCCCCCc1nc2ccccc2n1Cc1cccc2ccccc12)c1ccc(F)cc1. The molecule has 0 spiro atoms. The molecule has 4 nitrogen and oxygen atoms in total. The van der Waals surface area contributed by atoms with Crippen LogP contribution in [0.3, 0.4) is 0 Å². The fourth-order valence-corrected chi connectivity index (χ4v) is 4.58. The maximum Gasteiger partial charge on any atom is 0.251 e. The number of carbonyl (C=O) groups excluding carboxylic acids is 1. The van der Waals surface area contributed by atoms with E-state index in [1.807, 2.05) is 6.07 Å². The van der Waals surface area contributed by atoms with Gasteiger partial charge in [0.05, 0.1) is 11.0 Å². The third-order valence-electron chi connectivity index (χ3n) is 6.41. The summed E-state index contributed by atoms with van der Waals surface area (Å²) in [5.41, 5.74) is 3.95. The molecule has 0 unspecified atom stereocenters. The zero-order valence-electron chi connectivity index (χ0n) is 19.6. The van der Waals surface area contributed by atoms with E-state index in [-0.39, 0.29) is 11.7 Å². The third-order valence-corrected chi connectivity index (χ3v) is 6.41. The Hall–Kier alpha value is -3.99. The van der Waals surface area contributed by atoms with Gasteiger partial charge in [0.25, 0.3) is 5.91 Å². The molecule has 0 radical (unpaired) electrons. The summed E-state index contributed by atoms with van der Waals surface area (Å²) in [6.45, 7) is 1.38. The zero-order valence-corrected chi connectivity index (χ0v) is 19.6. The van der Waals surface area contributed by atoms with E-state index in [0.717, 1.165) is 49.1 Å². The van der Waals surface area contributed by atoms with Crippen LogP contribution >= 0.6 is 0 Å². The van der Waals surface area contributed by atoms with E-state index in [2.05, 4.69) is 70.5 Å². The largest absolute Gasteiger partial charge is 0.352 e. The number of benzene rings is 4. The van der Waals surface area contributed by atoms with Crippen molar-refractivity contribution in [2.75, 3.05) is 6.54 Å². The molecule has 5 heteroatoms. The van der Waals surface area contributed by atoms with Crippen molar-refractivity contribution in [2.45, 2.75) is 32.2 Å². The molecule has 0 aliphatic carbocycles. The number of imidazole rings is 1. The number of hydrogen-bond acceptors (Lipinski definition) is 2. The first-order valence-electron chi connectivity index (χ1n) is 12.1. The van der Waals surface area contributed by atoms with Gasteiger partial charge < -0.3 is 9.88 Å². The molecule has 4 aromatic carbocycles. The topological polar surface area (TPSA) is 46.9 Å². The highest BCUT2D eigenvalue weighted by Crippen LogP contribution is 2.24. The van der Waals surface area contributed by atoms with Crippen molar-refractivity contribution in [1.29, 1.82) is 0 Å². The van der Waals surface area contributed by atoms with Crippen LogP contribution in [0.5, 0.6) is 0 Å². The van der Waals surface area contributed by atoms with Crippen LogP contribution in [0.1, 0.15) is 41.0 Å². The molecule has 0 bridgehead atoms. The molecule has 0 aliphatic heterocycles. The van der Waals surface area contributed by atoms with Crippen LogP contribution in [-0.2, 0) is 13.0 Å². The second-order valence-electron chi connectivity index (χ2n) is 8.81. The lowest BCUT2D eigenvalue weighted by molar-refractivity contribution is 0.0953. The summed E-state index contributed by atoms with van der Waals surface area (Å²) >= 11 is 0. The van der Waals surface area contributed by atoms with E-state index in [4.69, 9.17) is 4.98 Å². The van der Waals surface area contributed by atoms with Gasteiger partial charge in [-0.3, -0.25) is 4.79 Å². The molecule has 1 aromatic heterocycles. The van der Waals surface area contributed by atoms with Crippen molar-refractivity contribution in [3.8, 4) is 0 Å². The van der Waals surface area contributed by atoms with Crippen molar-refractivity contribution in [2.24, 2.45) is 0 Å². The number of fused-ring (bicyclic) bond motifs is 2. The van der Waals surface area contributed by atoms with Crippen LogP contribution < -0.4 is 5.32 Å². The molecule has 5 rings (SSSR count). The van der Waals surface area contributed by atoms with Gasteiger partial charge in [0.15, 0.2) is 0 Å². The van der Waals surface area contributed by atoms with Gasteiger partial charge in [0.1, 0.15) is 11.6 Å². The van der Waals surface area contributed by atoms with Gasteiger partial charge in [-0.25, -0.2) is 9.37 Å². The number of nitrogens with zero attached hydrogens (tertiary/aromatic N) is 2. The molecule has 1 N–H and O–H groups in total. The average Bonchev–Trinajstić information content (AvgIpc) is 3.23. The molecule has 0 atom stereocenters. The monoisotopic (exact) mass is 465 g/mol. The number of hydrogen-bond donors (Lipinski definition) is 1. The van der Waals surface area contributed by atoms with E-state index in [0.29, 0.717) is 12.1 Å². The van der Waals surface area contributed by atoms with Gasteiger partial charge in [0, 0.05) is 25.1 Å². The molecule has 176 valence electrons. The van der Waals surface area contributed by atoms with Crippen LogP contribution in [-0.4, -0.2) is 22.0 Å². The number of halogens is 1. The molecular formula is C30H28FN3O. The van der Waals surface area contributed by atoms with E-state index in [9.17, 15) is 9.18 Å². The van der Waals surface area contributed by atoms with Crippen LogP contribution in [0, 0.1) is 5.82 Å². The minimum Gasteiger partial charge on any atom is -0.352 e. The molecule has 5 aromatic rings. The Balaban J connectivity index is 1.22. The standard InChI is InChI=1S/C30H28FN3O/c31-25-18-16-23(17-19-25)30(35)32-20-7-1-2-15-29-33-27-13-5-6-14-28(27)34(29)21-24-11-8-10-22-9-3-4-12-26(22)24/h3-6,8-14,16-19H,1-2,7,15,20-21H2,(H,32,35). The summed E-state index contributed by atoms with van der Waals surface area (Å²) in [6.07, 6.45) is 3.74. The Labute approximate surface area is 204 Å². The Morgan fingerprint density at radius 1 is 0.829 bits per heavy atom. The summed E-state index contributed by atoms with van der Waals surface area (Å²) < 4.78 is 15.4. The Bertz CT molecular complexity index is 1450. The first kappa shape index (κ1) is 22.8. The number of carbonyl (C=O) groups is 1. The lowest BCUT2D eigenvalue weighted by Gasteiger charge is -2.12. The summed E-state index contributed by atoms with van der Waals surface area (Å²) in [4.78, 5) is 17.1. The van der Waals surface area contributed by atoms with Gasteiger partial charge >= 0.3 is 0 Å². The number of nitrogens with one attached hydrogen (secondary N) is 1. The first-order valence-corrected chi connectivity index (χ1v) is 12.1. The van der Waals surface area contributed by atoms with Gasteiger partial charge in [-0.1, -0.05) is 61.0 Å². The number of rotatable bonds is 9. The summed E-state index contributed by atoms with van der Waals surface area (Å²) in [5.74, 6) is 0.587. The summed E-state index contributed by atoms with van der Waals surface area (Å²) in [7, 11) is 0. The molecule has 0 saturated carbocycles. The van der Waals surface area contributed by atoms with Gasteiger partial charge in [0.2, 0.25) is 0 Å². The van der Waals surface area contributed by atoms with Crippen LogP contribution in [0.25, 0.3) is 21.8 Å². The minimum atomic E-state index is -0.340. The van der Waals surface area contributed by atoms with Crippen LogP contribution in [0.4, 0.5) is 4.39 Å². The smallest absolute Gasteiger partial charge is 0.251 e. The maximum absolute atomic E-state index is 13.0. The fraction of sp³-hybridized carbons (Fsp3) is 0.200. The number of para-hydroxylation sites is 2. The van der Waals surface area contributed by atoms with Crippen molar-refractivity contribution in [3.05, 3.63) is 114 Å². The molecule has 0 aliphatic rings. The number of aromatic nitrogens is 2. The fourth-order valence-electron chi connectivity index (χ4n) is 4.58. The van der Waals surface area contributed by atoms with Crippen LogP contribution in [0.15, 0.2) is 91.0 Å². The van der Waals surface area contributed by atoms with Gasteiger partial charge in [-0.05, 0) is 65.6 Å². The average molecular weight is 466 g/mol. The summed E-state index contributed by atoms with van der Waals surface area (Å²) in [5, 5.41) is 5.44. The number of aryl methyl sites for hydroxylation is 1. The Kier molecular flexibility index (Phi) is 6.85. The zero-order chi connectivity index (χ0) is 24.0. The summed E-state index contributed by atoms with van der Waals surface area (Å²) in [6, 6.07) is 28.9. The van der Waals surface area contributed by atoms with Crippen LogP contribution in [0.2, 0.25) is 0 Å². The quantitative estimate of drug-likeness (QED) is 0.252. The molecular weight excluding hydrogens is 437 g/mol. The van der Waals surface area contributed by atoms with E-state index < -0.39 is 0 Å². The first-order chi connectivity index (χ1) is 17.2. The lowest BCUT2D eigenvalue weighted by Crippen LogP contribution is -2.24. The van der Waals surface area contributed by atoms with E-state index >= 15 is 0 Å². The molecule has 1 heterocycles. The molecule has 0 fully saturated rings. The lowest BCUT2D eigenvalue weighted by atomic mass is 10.0.